The summed E-state index contributed by atoms with van der Waals surface area (Å²) >= 11 is 0. The third-order valence-corrected chi connectivity index (χ3v) is 5.76. The molecule has 0 fully saturated rings. The minimum absolute atomic E-state index is 0.180. The summed E-state index contributed by atoms with van der Waals surface area (Å²) < 4.78 is 12.4. The molecule has 5 rings (SSSR count). The molecule has 2 amide bonds. The van der Waals surface area contributed by atoms with E-state index in [1.54, 1.807) is 48.3 Å². The number of nitrogens with zero attached hydrogens (tertiary/aromatic N) is 3. The zero-order chi connectivity index (χ0) is 25.8. The highest BCUT2D eigenvalue weighted by molar-refractivity contribution is 6.02. The van der Waals surface area contributed by atoms with E-state index < -0.39 is 11.8 Å². The molecule has 0 atom stereocenters. The quantitative estimate of drug-likeness (QED) is 0.344. The van der Waals surface area contributed by atoms with Crippen molar-refractivity contribution in [2.45, 2.75) is 0 Å². The van der Waals surface area contributed by atoms with Crippen molar-refractivity contribution in [1.82, 2.24) is 25.6 Å². The second-order valence-electron chi connectivity index (χ2n) is 8.04. The van der Waals surface area contributed by atoms with Crippen LogP contribution in [0.3, 0.4) is 0 Å². The van der Waals surface area contributed by atoms with Crippen LogP contribution in [-0.2, 0) is 0 Å². The van der Waals surface area contributed by atoms with Crippen molar-refractivity contribution in [3.63, 3.8) is 0 Å². The number of hydrogen-bond acceptors (Lipinski definition) is 6. The van der Waals surface area contributed by atoms with Crippen LogP contribution in [0.2, 0.25) is 0 Å². The monoisotopic (exact) mass is 493 g/mol. The smallest absolute Gasteiger partial charge is 0.288 e. The molecule has 2 aromatic heterocycles. The molecule has 0 aliphatic rings. The summed E-state index contributed by atoms with van der Waals surface area (Å²) in [5, 5.41) is 5.57. The number of benzene rings is 3. The maximum Gasteiger partial charge on any atom is 0.288 e. The van der Waals surface area contributed by atoms with E-state index in [4.69, 9.17) is 9.47 Å². The number of amides is 2. The summed E-state index contributed by atoms with van der Waals surface area (Å²) in [5.74, 6) is -0.0329. The first-order valence-electron chi connectivity index (χ1n) is 11.4. The number of nitrogens with one attached hydrogen (secondary N) is 2. The van der Waals surface area contributed by atoms with E-state index >= 15 is 0 Å². The Morgan fingerprint density at radius 1 is 0.784 bits per heavy atom. The number of hydrazine groups is 1. The first-order chi connectivity index (χ1) is 18.1. The lowest BCUT2D eigenvalue weighted by Gasteiger charge is -2.10. The Bertz CT molecular complexity index is 1600. The molecule has 184 valence electrons. The van der Waals surface area contributed by atoms with Gasteiger partial charge in [0.15, 0.2) is 11.5 Å². The highest BCUT2D eigenvalue weighted by Crippen LogP contribution is 2.33. The van der Waals surface area contributed by atoms with Crippen molar-refractivity contribution in [2.24, 2.45) is 0 Å². The topological polar surface area (TPSA) is 107 Å². The van der Waals surface area contributed by atoms with E-state index in [0.29, 0.717) is 28.3 Å². The van der Waals surface area contributed by atoms with Gasteiger partial charge in [0.25, 0.3) is 11.8 Å². The van der Waals surface area contributed by atoms with Crippen LogP contribution in [0.5, 0.6) is 11.5 Å². The summed E-state index contributed by atoms with van der Waals surface area (Å²) in [6.07, 6.45) is 1.61. The largest absolute Gasteiger partial charge is 0.493 e. The lowest BCUT2D eigenvalue weighted by molar-refractivity contribution is 0.0844. The predicted molar refractivity (Wildman–Crippen MR) is 139 cm³/mol. The van der Waals surface area contributed by atoms with Gasteiger partial charge in [0.05, 0.1) is 31.0 Å². The van der Waals surface area contributed by atoms with Gasteiger partial charge < -0.3 is 9.47 Å². The fourth-order valence-electron chi connectivity index (χ4n) is 3.89. The van der Waals surface area contributed by atoms with Crippen molar-refractivity contribution in [3.05, 3.63) is 102 Å². The molecule has 0 saturated carbocycles. The van der Waals surface area contributed by atoms with Crippen LogP contribution < -0.4 is 20.3 Å². The van der Waals surface area contributed by atoms with Gasteiger partial charge in [-0.25, -0.2) is 9.67 Å². The van der Waals surface area contributed by atoms with E-state index in [2.05, 4.69) is 20.9 Å². The zero-order valence-electron chi connectivity index (χ0n) is 20.1. The Balaban J connectivity index is 1.44. The minimum atomic E-state index is -0.541. The van der Waals surface area contributed by atoms with Crippen LogP contribution in [0.4, 0.5) is 0 Å². The lowest BCUT2D eigenvalue weighted by atomic mass is 10.1. The lowest BCUT2D eigenvalue weighted by Crippen LogP contribution is -2.42. The fraction of sp³-hybridized carbons (Fsp3) is 0.0714. The number of ether oxygens (including phenoxy) is 2. The highest BCUT2D eigenvalue weighted by atomic mass is 16.5. The average molecular weight is 494 g/mol. The maximum atomic E-state index is 13.3. The zero-order valence-corrected chi connectivity index (χ0v) is 20.1. The van der Waals surface area contributed by atoms with Crippen LogP contribution >= 0.6 is 0 Å². The van der Waals surface area contributed by atoms with Crippen molar-refractivity contribution in [3.8, 4) is 28.4 Å². The SMILES string of the molecule is COc1ccc(-c2nn(-c3ccccc3)cc2C(=O)NNC(=O)c2ccc3ccccc3n2)cc1OC. The maximum absolute atomic E-state index is 13.3. The van der Waals surface area contributed by atoms with Gasteiger partial charge >= 0.3 is 0 Å². The highest BCUT2D eigenvalue weighted by Gasteiger charge is 2.21. The third-order valence-electron chi connectivity index (χ3n) is 5.76. The molecule has 0 bridgehead atoms. The summed E-state index contributed by atoms with van der Waals surface area (Å²) in [7, 11) is 3.09. The van der Waals surface area contributed by atoms with E-state index in [-0.39, 0.29) is 11.3 Å². The summed E-state index contributed by atoms with van der Waals surface area (Å²) in [5.41, 5.74) is 7.86. The summed E-state index contributed by atoms with van der Waals surface area (Å²) in [4.78, 5) is 30.3. The first-order valence-corrected chi connectivity index (χ1v) is 11.4. The second kappa shape index (κ2) is 10.2. The number of hydrogen-bond donors (Lipinski definition) is 2. The molecule has 9 nitrogen and oxygen atoms in total. The Kier molecular flexibility index (Phi) is 6.50. The van der Waals surface area contributed by atoms with Crippen molar-refractivity contribution >= 4 is 22.7 Å². The molecule has 2 N–H and O–H groups in total. The van der Waals surface area contributed by atoms with Gasteiger partial charge in [-0.15, -0.1) is 0 Å². The average Bonchev–Trinajstić information content (AvgIpc) is 3.41. The van der Waals surface area contributed by atoms with Crippen molar-refractivity contribution < 1.29 is 19.1 Å². The summed E-state index contributed by atoms with van der Waals surface area (Å²) in [6, 6.07) is 25.5. The van der Waals surface area contributed by atoms with Crippen molar-refractivity contribution in [2.75, 3.05) is 14.2 Å². The van der Waals surface area contributed by atoms with Gasteiger partial charge in [-0.3, -0.25) is 20.4 Å². The molecule has 0 radical (unpaired) electrons. The molecular formula is C28H23N5O4. The van der Waals surface area contributed by atoms with E-state index in [1.807, 2.05) is 54.6 Å². The molecular weight excluding hydrogens is 470 g/mol. The molecule has 0 unspecified atom stereocenters. The van der Waals surface area contributed by atoms with Crippen LogP contribution in [0.25, 0.3) is 27.8 Å². The number of methoxy groups -OCH3 is 2. The number of pyridine rings is 1. The van der Waals surface area contributed by atoms with Gasteiger partial charge in [0.2, 0.25) is 0 Å². The van der Waals surface area contributed by atoms with Crippen LogP contribution in [-0.4, -0.2) is 40.8 Å². The molecule has 3 aromatic carbocycles. The van der Waals surface area contributed by atoms with Gasteiger partial charge in [-0.2, -0.15) is 5.10 Å². The van der Waals surface area contributed by atoms with Crippen LogP contribution in [0, 0.1) is 0 Å². The number of fused-ring (bicyclic) bond motifs is 1. The predicted octanol–water partition coefficient (Wildman–Crippen LogP) is 4.18. The number of aromatic nitrogens is 3. The Morgan fingerprint density at radius 3 is 2.30 bits per heavy atom. The summed E-state index contributed by atoms with van der Waals surface area (Å²) in [6.45, 7) is 0. The van der Waals surface area contributed by atoms with Gasteiger partial charge in [-0.1, -0.05) is 42.5 Å². The number of carbonyl (C=O) groups excluding carboxylic acids is 2. The van der Waals surface area contributed by atoms with Gasteiger partial charge in [0.1, 0.15) is 11.4 Å². The molecule has 5 aromatic rings. The molecule has 0 aliphatic carbocycles. The standard InChI is InChI=1S/C28H23N5O4/c1-36-24-15-13-19(16-25(24)37-2)26-21(17-33(32-26)20-9-4-3-5-10-20)27(34)30-31-28(35)23-14-12-18-8-6-7-11-22(18)29-23/h3-17H,1-2H3,(H,30,34)(H,31,35). The molecule has 2 heterocycles. The number of para-hydroxylation sites is 2. The molecule has 0 saturated heterocycles. The van der Waals surface area contributed by atoms with Crippen LogP contribution in [0.1, 0.15) is 20.8 Å². The van der Waals surface area contributed by atoms with E-state index in [0.717, 1.165) is 11.1 Å². The van der Waals surface area contributed by atoms with Gasteiger partial charge in [0, 0.05) is 17.1 Å². The fourth-order valence-corrected chi connectivity index (χ4v) is 3.89. The van der Waals surface area contributed by atoms with E-state index in [1.165, 1.54) is 7.11 Å². The van der Waals surface area contributed by atoms with Gasteiger partial charge in [-0.05, 0) is 42.5 Å². The molecule has 0 aliphatic heterocycles. The first kappa shape index (κ1) is 23.6. The number of carbonyl (C=O) groups is 2. The van der Waals surface area contributed by atoms with E-state index in [9.17, 15) is 9.59 Å². The third kappa shape index (κ3) is 4.83. The molecule has 37 heavy (non-hydrogen) atoms. The van der Waals surface area contributed by atoms with Crippen LogP contribution in [0.15, 0.2) is 91.1 Å². The molecule has 0 spiro atoms. The Morgan fingerprint density at radius 2 is 1.51 bits per heavy atom. The second-order valence-corrected chi connectivity index (χ2v) is 8.04. The Labute approximate surface area is 212 Å². The minimum Gasteiger partial charge on any atom is -0.493 e. The normalized spacial score (nSPS) is 10.6. The number of rotatable bonds is 6. The molecule has 9 heteroatoms. The van der Waals surface area contributed by atoms with Crippen molar-refractivity contribution in [1.29, 1.82) is 0 Å². The Hall–Kier alpha value is -5.18.